The number of ether oxygens (including phenoxy) is 2. The van der Waals surface area contributed by atoms with Crippen LogP contribution in [0.15, 0.2) is 18.2 Å². The Morgan fingerprint density at radius 3 is 2.57 bits per heavy atom. The molecule has 0 spiro atoms. The van der Waals surface area contributed by atoms with Gasteiger partial charge in [0.1, 0.15) is 5.75 Å². The summed E-state index contributed by atoms with van der Waals surface area (Å²) in [6, 6.07) is 5.62. The predicted molar refractivity (Wildman–Crippen MR) is 84.8 cm³/mol. The minimum Gasteiger partial charge on any atom is -0.496 e. The van der Waals surface area contributed by atoms with Gasteiger partial charge in [0, 0.05) is 17.2 Å². The molecule has 1 atom stereocenters. The van der Waals surface area contributed by atoms with Gasteiger partial charge in [0.25, 0.3) is 5.91 Å². The number of nitrogens with one attached hydrogen (secondary N) is 1. The Morgan fingerprint density at radius 1 is 1.29 bits per heavy atom. The van der Waals surface area contributed by atoms with Gasteiger partial charge < -0.3 is 14.8 Å². The number of methoxy groups -OCH3 is 1. The van der Waals surface area contributed by atoms with Crippen LogP contribution in [0.5, 0.6) is 5.75 Å². The highest BCUT2D eigenvalue weighted by Crippen LogP contribution is 2.21. The maximum atomic E-state index is 12.2. The largest absolute Gasteiger partial charge is 0.496 e. The molecule has 1 N–H and O–H groups in total. The third-order valence-corrected chi connectivity index (χ3v) is 3.21. The molecule has 0 aliphatic carbocycles. The highest BCUT2D eigenvalue weighted by atomic mass is 16.5. The van der Waals surface area contributed by atoms with Gasteiger partial charge in [0.05, 0.1) is 19.8 Å². The average Bonchev–Trinajstić information content (AvgIpc) is 2.44. The van der Waals surface area contributed by atoms with Crippen molar-refractivity contribution in [2.45, 2.75) is 59.3 Å². The zero-order valence-electron chi connectivity index (χ0n) is 13.7. The Bertz CT molecular complexity index is 457. The van der Waals surface area contributed by atoms with Crippen LogP contribution in [-0.4, -0.2) is 25.2 Å². The minimum absolute atomic E-state index is 0.0515. The molecule has 1 unspecified atom stereocenters. The zero-order valence-corrected chi connectivity index (χ0v) is 13.7. The number of rotatable bonds is 8. The fraction of sp³-hybridized carbons (Fsp3) is 0.588. The summed E-state index contributed by atoms with van der Waals surface area (Å²) in [7, 11) is 1.62. The van der Waals surface area contributed by atoms with Gasteiger partial charge in [-0.3, -0.25) is 4.79 Å². The number of hydrogen-bond donors (Lipinski definition) is 1. The minimum atomic E-state index is -0.0515. The summed E-state index contributed by atoms with van der Waals surface area (Å²) in [6.07, 6.45) is 2.17. The molecular formula is C17H27NO3. The number of carbonyl (C=O) groups is 1. The normalized spacial score (nSPS) is 12.3. The smallest absolute Gasteiger partial charge is 0.251 e. The van der Waals surface area contributed by atoms with Crippen LogP contribution in [0.3, 0.4) is 0 Å². The Balaban J connectivity index is 2.83. The number of benzene rings is 1. The van der Waals surface area contributed by atoms with Crippen molar-refractivity contribution < 1.29 is 14.3 Å². The van der Waals surface area contributed by atoms with E-state index in [0.717, 1.165) is 24.2 Å². The quantitative estimate of drug-likeness (QED) is 0.797. The van der Waals surface area contributed by atoms with Crippen LogP contribution in [0.1, 0.15) is 56.5 Å². The van der Waals surface area contributed by atoms with E-state index in [1.165, 1.54) is 0 Å². The molecular weight excluding hydrogens is 266 g/mol. The topological polar surface area (TPSA) is 47.6 Å². The third-order valence-electron chi connectivity index (χ3n) is 3.21. The second-order valence-electron chi connectivity index (χ2n) is 5.55. The van der Waals surface area contributed by atoms with E-state index in [2.05, 4.69) is 12.2 Å². The summed E-state index contributed by atoms with van der Waals surface area (Å²) in [5.41, 5.74) is 1.53. The van der Waals surface area contributed by atoms with Crippen LogP contribution in [0.2, 0.25) is 0 Å². The van der Waals surface area contributed by atoms with Crippen LogP contribution < -0.4 is 10.1 Å². The van der Waals surface area contributed by atoms with E-state index in [0.29, 0.717) is 12.2 Å². The fourth-order valence-electron chi connectivity index (χ4n) is 2.10. The molecule has 21 heavy (non-hydrogen) atoms. The SMILES string of the molecule is CCCC(C)NC(=O)c1ccc(OC)c(COC(C)C)c1. The second kappa shape index (κ2) is 8.67. The molecule has 0 heterocycles. The molecule has 0 fully saturated rings. The lowest BCUT2D eigenvalue weighted by Crippen LogP contribution is -2.32. The lowest BCUT2D eigenvalue weighted by molar-refractivity contribution is 0.0644. The predicted octanol–water partition coefficient (Wildman–Crippen LogP) is 3.54. The Hall–Kier alpha value is -1.55. The van der Waals surface area contributed by atoms with E-state index in [1.54, 1.807) is 13.2 Å². The van der Waals surface area contributed by atoms with Crippen LogP contribution in [0.4, 0.5) is 0 Å². The highest BCUT2D eigenvalue weighted by molar-refractivity contribution is 5.94. The van der Waals surface area contributed by atoms with E-state index in [4.69, 9.17) is 9.47 Å². The summed E-state index contributed by atoms with van der Waals surface area (Å²) in [6.45, 7) is 8.53. The maximum Gasteiger partial charge on any atom is 0.251 e. The molecule has 0 aromatic heterocycles. The third kappa shape index (κ3) is 5.76. The van der Waals surface area contributed by atoms with Crippen molar-refractivity contribution in [1.29, 1.82) is 0 Å². The second-order valence-corrected chi connectivity index (χ2v) is 5.55. The van der Waals surface area contributed by atoms with Crippen molar-refractivity contribution in [3.05, 3.63) is 29.3 Å². The lowest BCUT2D eigenvalue weighted by Gasteiger charge is -2.15. The van der Waals surface area contributed by atoms with Gasteiger partial charge in [-0.05, 0) is 45.4 Å². The van der Waals surface area contributed by atoms with Crippen molar-refractivity contribution in [2.24, 2.45) is 0 Å². The van der Waals surface area contributed by atoms with E-state index < -0.39 is 0 Å². The standard InChI is InChI=1S/C17H27NO3/c1-6-7-13(4)18-17(19)14-8-9-16(20-5)15(10-14)11-21-12(2)3/h8-10,12-13H,6-7,11H2,1-5H3,(H,18,19). The van der Waals surface area contributed by atoms with Gasteiger partial charge >= 0.3 is 0 Å². The van der Waals surface area contributed by atoms with Crippen LogP contribution in [-0.2, 0) is 11.3 Å². The van der Waals surface area contributed by atoms with Crippen molar-refractivity contribution >= 4 is 5.91 Å². The Kier molecular flexibility index (Phi) is 7.23. The number of carbonyl (C=O) groups excluding carboxylic acids is 1. The van der Waals surface area contributed by atoms with E-state index in [9.17, 15) is 4.79 Å². The molecule has 0 aliphatic heterocycles. The van der Waals surface area contributed by atoms with Gasteiger partial charge in [-0.15, -0.1) is 0 Å². The fourth-order valence-corrected chi connectivity index (χ4v) is 2.10. The molecule has 0 aliphatic rings. The van der Waals surface area contributed by atoms with E-state index in [-0.39, 0.29) is 18.1 Å². The first-order valence-corrected chi connectivity index (χ1v) is 7.57. The first-order chi connectivity index (χ1) is 9.97. The molecule has 0 saturated heterocycles. The number of amides is 1. The molecule has 1 aromatic rings. The number of hydrogen-bond acceptors (Lipinski definition) is 3. The summed E-state index contributed by atoms with van der Waals surface area (Å²) < 4.78 is 10.9. The maximum absolute atomic E-state index is 12.2. The van der Waals surface area contributed by atoms with Crippen molar-refractivity contribution in [3.63, 3.8) is 0 Å². The van der Waals surface area contributed by atoms with Crippen molar-refractivity contribution in [2.75, 3.05) is 7.11 Å². The van der Waals surface area contributed by atoms with Gasteiger partial charge in [-0.2, -0.15) is 0 Å². The van der Waals surface area contributed by atoms with E-state index >= 15 is 0 Å². The summed E-state index contributed by atoms with van der Waals surface area (Å²) in [4.78, 5) is 12.2. The molecule has 0 bridgehead atoms. The molecule has 0 radical (unpaired) electrons. The molecule has 4 nitrogen and oxygen atoms in total. The lowest BCUT2D eigenvalue weighted by atomic mass is 10.1. The summed E-state index contributed by atoms with van der Waals surface area (Å²) in [5, 5.41) is 3.01. The molecule has 1 amide bonds. The summed E-state index contributed by atoms with van der Waals surface area (Å²) >= 11 is 0. The van der Waals surface area contributed by atoms with Gasteiger partial charge in [0.15, 0.2) is 0 Å². The van der Waals surface area contributed by atoms with Crippen LogP contribution >= 0.6 is 0 Å². The summed E-state index contributed by atoms with van der Waals surface area (Å²) in [5.74, 6) is 0.693. The molecule has 1 aromatic carbocycles. The van der Waals surface area contributed by atoms with Crippen LogP contribution in [0.25, 0.3) is 0 Å². The Morgan fingerprint density at radius 2 is 2.00 bits per heavy atom. The van der Waals surface area contributed by atoms with Gasteiger partial charge in [-0.25, -0.2) is 0 Å². The van der Waals surface area contributed by atoms with Crippen molar-refractivity contribution in [3.8, 4) is 5.75 Å². The highest BCUT2D eigenvalue weighted by Gasteiger charge is 2.12. The van der Waals surface area contributed by atoms with Gasteiger partial charge in [-0.1, -0.05) is 13.3 Å². The van der Waals surface area contributed by atoms with Crippen molar-refractivity contribution in [1.82, 2.24) is 5.32 Å². The average molecular weight is 293 g/mol. The Labute approximate surface area is 127 Å². The molecule has 0 saturated carbocycles. The van der Waals surface area contributed by atoms with Gasteiger partial charge in [0.2, 0.25) is 0 Å². The molecule has 4 heteroatoms. The zero-order chi connectivity index (χ0) is 15.8. The van der Waals surface area contributed by atoms with Crippen LogP contribution in [0, 0.1) is 0 Å². The molecule has 118 valence electrons. The first kappa shape index (κ1) is 17.5. The monoisotopic (exact) mass is 293 g/mol. The van der Waals surface area contributed by atoms with E-state index in [1.807, 2.05) is 32.9 Å². The first-order valence-electron chi connectivity index (χ1n) is 7.57. The molecule has 1 rings (SSSR count).